The second-order valence-corrected chi connectivity index (χ2v) is 8.27. The number of para-hydroxylation sites is 1. The van der Waals surface area contributed by atoms with Crippen LogP contribution in [0.15, 0.2) is 78.9 Å². The first-order valence-electron chi connectivity index (χ1n) is 10.8. The van der Waals surface area contributed by atoms with Crippen molar-refractivity contribution in [1.82, 2.24) is 16.2 Å². The smallest absolute Gasteiger partial charge is 0.273 e. The Labute approximate surface area is 204 Å². The van der Waals surface area contributed by atoms with Crippen LogP contribution in [0, 0.1) is 5.92 Å². The minimum absolute atomic E-state index is 0.0467. The van der Waals surface area contributed by atoms with E-state index in [0.717, 1.165) is 5.56 Å². The maximum absolute atomic E-state index is 12.7. The minimum atomic E-state index is -0.454. The van der Waals surface area contributed by atoms with E-state index in [4.69, 9.17) is 21.7 Å². The van der Waals surface area contributed by atoms with E-state index in [2.05, 4.69) is 16.2 Å². The van der Waals surface area contributed by atoms with Crippen LogP contribution in [0.1, 0.15) is 40.1 Å². The summed E-state index contributed by atoms with van der Waals surface area (Å²) in [6, 6.07) is 23.3. The fraction of sp³-hybridized carbons (Fsp3) is 0.192. The van der Waals surface area contributed by atoms with E-state index in [0.29, 0.717) is 41.8 Å². The van der Waals surface area contributed by atoms with Crippen LogP contribution in [0.25, 0.3) is 0 Å². The number of amides is 2. The lowest BCUT2D eigenvalue weighted by Crippen LogP contribution is -2.48. The molecule has 0 heterocycles. The molecule has 0 spiro atoms. The molecule has 0 aromatic heterocycles. The summed E-state index contributed by atoms with van der Waals surface area (Å²) in [6.07, 6.45) is 0. The van der Waals surface area contributed by atoms with Gasteiger partial charge in [0.15, 0.2) is 5.11 Å². The van der Waals surface area contributed by atoms with Crippen LogP contribution < -0.4 is 25.6 Å². The maximum atomic E-state index is 12.7. The summed E-state index contributed by atoms with van der Waals surface area (Å²) in [4.78, 5) is 25.2. The highest BCUT2D eigenvalue weighted by Crippen LogP contribution is 2.19. The molecule has 0 fully saturated rings. The number of hydrogen-bond donors (Lipinski definition) is 3. The summed E-state index contributed by atoms with van der Waals surface area (Å²) in [6.45, 7) is 4.96. The summed E-state index contributed by atoms with van der Waals surface area (Å²) in [5, 5.41) is 2.49. The van der Waals surface area contributed by atoms with E-state index in [1.165, 1.54) is 0 Å². The normalized spacial score (nSPS) is 10.3. The van der Waals surface area contributed by atoms with E-state index in [1.54, 1.807) is 48.5 Å². The van der Waals surface area contributed by atoms with Crippen molar-refractivity contribution in [1.29, 1.82) is 0 Å². The molecule has 0 saturated carbocycles. The molecule has 0 unspecified atom stereocenters. The number of benzene rings is 3. The van der Waals surface area contributed by atoms with Crippen molar-refractivity contribution in [3.63, 3.8) is 0 Å². The Hall–Kier alpha value is -3.91. The molecule has 7 nitrogen and oxygen atoms in total. The molecule has 0 aliphatic carbocycles. The van der Waals surface area contributed by atoms with E-state index in [1.807, 2.05) is 44.2 Å². The molecule has 0 aliphatic heterocycles. The first-order valence-corrected chi connectivity index (χ1v) is 11.2. The average molecular weight is 478 g/mol. The Balaban J connectivity index is 1.53. The second kappa shape index (κ2) is 12.4. The first kappa shape index (κ1) is 24.7. The minimum Gasteiger partial charge on any atom is -0.493 e. The summed E-state index contributed by atoms with van der Waals surface area (Å²) >= 11 is 5.14. The maximum Gasteiger partial charge on any atom is 0.273 e. The molecule has 3 rings (SSSR count). The molecule has 0 radical (unpaired) electrons. The van der Waals surface area contributed by atoms with E-state index in [9.17, 15) is 9.59 Å². The van der Waals surface area contributed by atoms with Crippen molar-refractivity contribution >= 4 is 29.1 Å². The predicted molar refractivity (Wildman–Crippen MR) is 135 cm³/mol. The van der Waals surface area contributed by atoms with Crippen molar-refractivity contribution < 1.29 is 19.1 Å². The Morgan fingerprint density at radius 2 is 1.59 bits per heavy atom. The molecule has 0 bridgehead atoms. The number of rotatable bonds is 8. The number of hydrogen-bond acceptors (Lipinski definition) is 5. The molecular weight excluding hydrogens is 450 g/mol. The highest BCUT2D eigenvalue weighted by atomic mass is 32.1. The topological polar surface area (TPSA) is 88.7 Å². The van der Waals surface area contributed by atoms with Crippen molar-refractivity contribution in [3.8, 4) is 11.5 Å². The highest BCUT2D eigenvalue weighted by molar-refractivity contribution is 7.80. The number of thiocarbonyl (C=S) groups is 1. The van der Waals surface area contributed by atoms with Crippen LogP contribution in [0.4, 0.5) is 0 Å². The third-order valence-corrected chi connectivity index (χ3v) is 4.77. The largest absolute Gasteiger partial charge is 0.493 e. The Morgan fingerprint density at radius 1 is 0.853 bits per heavy atom. The SMILES string of the molecule is CC(C)COc1cccc(C(=O)NC(=S)NNC(=O)c2ccccc2OCc2ccccc2)c1. The first-order chi connectivity index (χ1) is 16.4. The molecule has 0 atom stereocenters. The fourth-order valence-electron chi connectivity index (χ4n) is 2.89. The summed E-state index contributed by atoms with van der Waals surface area (Å²) in [5.74, 6) is 0.517. The number of nitrogens with one attached hydrogen (secondary N) is 3. The Morgan fingerprint density at radius 3 is 2.35 bits per heavy atom. The van der Waals surface area contributed by atoms with Gasteiger partial charge in [-0.2, -0.15) is 0 Å². The third-order valence-electron chi connectivity index (χ3n) is 4.57. The van der Waals surface area contributed by atoms with E-state index >= 15 is 0 Å². The molecular formula is C26H27N3O4S. The zero-order chi connectivity index (χ0) is 24.3. The van der Waals surface area contributed by atoms with Crippen molar-refractivity contribution in [2.45, 2.75) is 20.5 Å². The van der Waals surface area contributed by atoms with Gasteiger partial charge in [0.1, 0.15) is 18.1 Å². The molecule has 0 aliphatic rings. The van der Waals surface area contributed by atoms with Gasteiger partial charge in [0.25, 0.3) is 11.8 Å². The number of ether oxygens (including phenoxy) is 2. The van der Waals surface area contributed by atoms with Crippen LogP contribution in [0.3, 0.4) is 0 Å². The van der Waals surface area contributed by atoms with Gasteiger partial charge < -0.3 is 9.47 Å². The molecule has 8 heteroatoms. The van der Waals surface area contributed by atoms with Gasteiger partial charge >= 0.3 is 0 Å². The lowest BCUT2D eigenvalue weighted by Gasteiger charge is -2.14. The van der Waals surface area contributed by atoms with Crippen molar-refractivity contribution in [2.75, 3.05) is 6.61 Å². The molecule has 34 heavy (non-hydrogen) atoms. The molecule has 3 aromatic carbocycles. The summed E-state index contributed by atoms with van der Waals surface area (Å²) in [5.41, 5.74) is 6.74. The van der Waals surface area contributed by atoms with Crippen LogP contribution >= 0.6 is 12.2 Å². The zero-order valence-electron chi connectivity index (χ0n) is 19.0. The van der Waals surface area contributed by atoms with Crippen LogP contribution in [0.5, 0.6) is 11.5 Å². The van der Waals surface area contributed by atoms with Gasteiger partial charge in [-0.15, -0.1) is 0 Å². The number of carbonyl (C=O) groups is 2. The van der Waals surface area contributed by atoms with Gasteiger partial charge in [-0.3, -0.25) is 25.8 Å². The second-order valence-electron chi connectivity index (χ2n) is 7.87. The zero-order valence-corrected chi connectivity index (χ0v) is 19.9. The van der Waals surface area contributed by atoms with Gasteiger partial charge in [-0.05, 0) is 54.0 Å². The average Bonchev–Trinajstić information content (AvgIpc) is 2.85. The monoisotopic (exact) mass is 477 g/mol. The lowest BCUT2D eigenvalue weighted by molar-refractivity contribution is 0.0930. The molecule has 176 valence electrons. The summed E-state index contributed by atoms with van der Waals surface area (Å²) in [7, 11) is 0. The van der Waals surface area contributed by atoms with Gasteiger partial charge in [0.05, 0.1) is 12.2 Å². The Kier molecular flexibility index (Phi) is 8.99. The lowest BCUT2D eigenvalue weighted by atomic mass is 10.2. The Bertz CT molecular complexity index is 1140. The third kappa shape index (κ3) is 7.60. The quantitative estimate of drug-likeness (QED) is 0.332. The van der Waals surface area contributed by atoms with Crippen LogP contribution in [-0.2, 0) is 6.61 Å². The van der Waals surface area contributed by atoms with Crippen molar-refractivity contribution in [3.05, 3.63) is 95.6 Å². The molecule has 3 N–H and O–H groups in total. The van der Waals surface area contributed by atoms with Crippen LogP contribution in [-0.4, -0.2) is 23.5 Å². The molecule has 2 amide bonds. The van der Waals surface area contributed by atoms with Gasteiger partial charge in [-0.25, -0.2) is 0 Å². The van der Waals surface area contributed by atoms with Gasteiger partial charge in [0, 0.05) is 5.56 Å². The predicted octanol–water partition coefficient (Wildman–Crippen LogP) is 4.25. The van der Waals surface area contributed by atoms with E-state index < -0.39 is 11.8 Å². The fourth-order valence-corrected chi connectivity index (χ4v) is 3.04. The van der Waals surface area contributed by atoms with Gasteiger partial charge in [0.2, 0.25) is 0 Å². The number of hydrazine groups is 1. The standard InChI is InChI=1S/C26H27N3O4S/c1-18(2)16-32-21-12-8-11-20(15-21)24(30)27-26(34)29-28-25(31)22-13-6-7-14-23(22)33-17-19-9-4-3-5-10-19/h3-15,18H,16-17H2,1-2H3,(H,28,31)(H2,27,29,30,34). The van der Waals surface area contributed by atoms with Gasteiger partial charge in [-0.1, -0.05) is 62.4 Å². The molecule has 0 saturated heterocycles. The number of carbonyl (C=O) groups excluding carboxylic acids is 2. The molecule has 3 aromatic rings. The van der Waals surface area contributed by atoms with E-state index in [-0.39, 0.29) is 5.11 Å². The van der Waals surface area contributed by atoms with Crippen LogP contribution in [0.2, 0.25) is 0 Å². The van der Waals surface area contributed by atoms with Crippen molar-refractivity contribution in [2.24, 2.45) is 5.92 Å². The summed E-state index contributed by atoms with van der Waals surface area (Å²) < 4.78 is 11.5. The highest BCUT2D eigenvalue weighted by Gasteiger charge is 2.14.